The van der Waals surface area contributed by atoms with Crippen LogP contribution in [0.25, 0.3) is 0 Å². The van der Waals surface area contributed by atoms with Crippen LogP contribution in [-0.2, 0) is 19.1 Å². The van der Waals surface area contributed by atoms with Gasteiger partial charge in [-0.3, -0.25) is 9.59 Å². The Balaban J connectivity index is 3.40. The molecular weight excluding hydrogens is 500 g/mol. The van der Waals surface area contributed by atoms with Crippen molar-refractivity contribution in [3.05, 3.63) is 24.3 Å². The average molecular weight is 565 g/mol. The summed E-state index contributed by atoms with van der Waals surface area (Å²) in [6.45, 7) is 5.23. The zero-order chi connectivity index (χ0) is 29.4. The normalized spacial score (nSPS) is 11.7. The highest BCUT2D eigenvalue weighted by Gasteiger charge is 2.06. The Hall–Kier alpha value is -1.62. The SMILES string of the molecule is CCCCCC/C=C\COC(=O)CCCCCCCC(O)CCCCCCCC(=O)OC/C=C\CCCCCC. The molecule has 0 heterocycles. The molecule has 0 saturated heterocycles. The van der Waals surface area contributed by atoms with Gasteiger partial charge in [-0.15, -0.1) is 0 Å². The molecule has 5 nitrogen and oxygen atoms in total. The fourth-order valence-corrected chi connectivity index (χ4v) is 4.68. The summed E-state index contributed by atoms with van der Waals surface area (Å²) in [6.07, 6.45) is 33.3. The van der Waals surface area contributed by atoms with Gasteiger partial charge in [0, 0.05) is 12.8 Å². The van der Waals surface area contributed by atoms with Crippen molar-refractivity contribution in [1.29, 1.82) is 0 Å². The number of ether oxygens (including phenoxy) is 2. The monoisotopic (exact) mass is 564 g/mol. The molecule has 0 aliphatic heterocycles. The minimum absolute atomic E-state index is 0.0952. The fourth-order valence-electron chi connectivity index (χ4n) is 4.68. The molecule has 0 radical (unpaired) electrons. The van der Waals surface area contributed by atoms with E-state index in [-0.39, 0.29) is 18.0 Å². The molecule has 234 valence electrons. The van der Waals surface area contributed by atoms with Crippen LogP contribution in [-0.4, -0.2) is 36.4 Å². The standard InChI is InChI=1S/C35H64O5/c1-3-5-7-9-11-19-25-31-39-34(37)29-23-17-13-15-21-27-33(36)28-22-16-14-18-24-30-35(38)40-32-26-20-12-10-8-6-4-2/h19-20,25-26,33,36H,3-18,21-24,27-32H2,1-2H3/b25-19-,26-20-. The third kappa shape index (κ3) is 30.9. The molecule has 0 fully saturated rings. The maximum Gasteiger partial charge on any atom is 0.306 e. The number of esters is 2. The first kappa shape index (κ1) is 38.4. The van der Waals surface area contributed by atoms with E-state index in [4.69, 9.17) is 9.47 Å². The van der Waals surface area contributed by atoms with E-state index in [2.05, 4.69) is 26.0 Å². The number of rotatable bonds is 30. The Morgan fingerprint density at radius 2 is 0.900 bits per heavy atom. The number of aliphatic hydroxyl groups excluding tert-OH is 1. The molecule has 0 atom stereocenters. The van der Waals surface area contributed by atoms with E-state index in [1.165, 1.54) is 51.4 Å². The number of carbonyl (C=O) groups is 2. The van der Waals surface area contributed by atoms with E-state index in [1.54, 1.807) is 0 Å². The number of aliphatic hydroxyl groups is 1. The van der Waals surface area contributed by atoms with E-state index >= 15 is 0 Å². The van der Waals surface area contributed by atoms with Crippen LogP contribution in [0.3, 0.4) is 0 Å². The number of hydrogen-bond donors (Lipinski definition) is 1. The van der Waals surface area contributed by atoms with E-state index in [1.807, 2.05) is 12.2 Å². The van der Waals surface area contributed by atoms with Gasteiger partial charge < -0.3 is 14.6 Å². The third-order valence-electron chi connectivity index (χ3n) is 7.30. The van der Waals surface area contributed by atoms with Crippen molar-refractivity contribution in [3.63, 3.8) is 0 Å². The lowest BCUT2D eigenvalue weighted by molar-refractivity contribution is -0.143. The summed E-state index contributed by atoms with van der Waals surface area (Å²) in [5.74, 6) is -0.190. The second-order valence-electron chi connectivity index (χ2n) is 11.3. The first-order chi connectivity index (χ1) is 19.6. The molecule has 0 aliphatic carbocycles. The molecule has 0 spiro atoms. The molecule has 0 rings (SSSR count). The molecule has 40 heavy (non-hydrogen) atoms. The van der Waals surface area contributed by atoms with Crippen LogP contribution in [0, 0.1) is 0 Å². The summed E-state index contributed by atoms with van der Waals surface area (Å²) in [6, 6.07) is 0. The summed E-state index contributed by atoms with van der Waals surface area (Å²) in [7, 11) is 0. The van der Waals surface area contributed by atoms with Gasteiger partial charge in [0.2, 0.25) is 0 Å². The van der Waals surface area contributed by atoms with Crippen LogP contribution < -0.4 is 0 Å². The number of hydrogen-bond acceptors (Lipinski definition) is 5. The van der Waals surface area contributed by atoms with Gasteiger partial charge in [0.15, 0.2) is 0 Å². The van der Waals surface area contributed by atoms with Gasteiger partial charge in [-0.1, -0.05) is 128 Å². The average Bonchev–Trinajstić information content (AvgIpc) is 2.94. The van der Waals surface area contributed by atoms with Crippen LogP contribution in [0.5, 0.6) is 0 Å². The van der Waals surface area contributed by atoms with E-state index in [9.17, 15) is 14.7 Å². The largest absolute Gasteiger partial charge is 0.461 e. The molecule has 0 aromatic rings. The summed E-state index contributed by atoms with van der Waals surface area (Å²) in [5, 5.41) is 10.2. The van der Waals surface area contributed by atoms with Crippen molar-refractivity contribution in [3.8, 4) is 0 Å². The van der Waals surface area contributed by atoms with Crippen LogP contribution in [0.15, 0.2) is 24.3 Å². The summed E-state index contributed by atoms with van der Waals surface area (Å²) in [4.78, 5) is 23.6. The predicted octanol–water partition coefficient (Wildman–Crippen LogP) is 9.95. The minimum atomic E-state index is -0.204. The maximum atomic E-state index is 11.8. The van der Waals surface area contributed by atoms with E-state index in [0.717, 1.165) is 89.9 Å². The molecule has 1 N–H and O–H groups in total. The maximum absolute atomic E-state index is 11.8. The Labute approximate surface area is 247 Å². The summed E-state index contributed by atoms with van der Waals surface area (Å²) < 4.78 is 10.5. The quantitative estimate of drug-likeness (QED) is 0.0534. The van der Waals surface area contributed by atoms with Gasteiger partial charge in [-0.25, -0.2) is 0 Å². The second kappa shape index (κ2) is 31.9. The predicted molar refractivity (Wildman–Crippen MR) is 168 cm³/mol. The number of unbranched alkanes of at least 4 members (excludes halogenated alkanes) is 16. The Bertz CT molecular complexity index is 561. The lowest BCUT2D eigenvalue weighted by Crippen LogP contribution is -2.06. The molecule has 5 heteroatoms. The van der Waals surface area contributed by atoms with Crippen molar-refractivity contribution in [2.24, 2.45) is 0 Å². The van der Waals surface area contributed by atoms with Crippen LogP contribution in [0.1, 0.15) is 168 Å². The van der Waals surface area contributed by atoms with Crippen LogP contribution in [0.4, 0.5) is 0 Å². The Morgan fingerprint density at radius 1 is 0.525 bits per heavy atom. The number of allylic oxidation sites excluding steroid dienone is 2. The lowest BCUT2D eigenvalue weighted by atomic mass is 10.0. The van der Waals surface area contributed by atoms with E-state index < -0.39 is 0 Å². The van der Waals surface area contributed by atoms with Crippen molar-refractivity contribution < 1.29 is 24.2 Å². The van der Waals surface area contributed by atoms with Crippen molar-refractivity contribution in [2.45, 2.75) is 174 Å². The molecular formula is C35H64O5. The zero-order valence-electron chi connectivity index (χ0n) is 26.4. The first-order valence-corrected chi connectivity index (χ1v) is 16.9. The molecule has 0 bridgehead atoms. The first-order valence-electron chi connectivity index (χ1n) is 16.9. The molecule has 0 aromatic heterocycles. The summed E-state index contributed by atoms with van der Waals surface area (Å²) >= 11 is 0. The van der Waals surface area contributed by atoms with Crippen molar-refractivity contribution in [2.75, 3.05) is 13.2 Å². The molecule has 0 unspecified atom stereocenters. The van der Waals surface area contributed by atoms with Gasteiger partial charge in [0.25, 0.3) is 0 Å². The molecule has 0 aliphatic rings. The van der Waals surface area contributed by atoms with Gasteiger partial charge in [0.1, 0.15) is 13.2 Å². The summed E-state index contributed by atoms with van der Waals surface area (Å²) in [5.41, 5.74) is 0. The Morgan fingerprint density at radius 3 is 1.32 bits per heavy atom. The van der Waals surface area contributed by atoms with Gasteiger partial charge in [0.05, 0.1) is 6.10 Å². The highest BCUT2D eigenvalue weighted by Crippen LogP contribution is 2.14. The molecule has 0 saturated carbocycles. The molecule has 0 aromatic carbocycles. The number of carbonyl (C=O) groups excluding carboxylic acids is 2. The smallest absolute Gasteiger partial charge is 0.306 e. The fraction of sp³-hybridized carbons (Fsp3) is 0.829. The van der Waals surface area contributed by atoms with Crippen LogP contribution in [0.2, 0.25) is 0 Å². The van der Waals surface area contributed by atoms with Crippen molar-refractivity contribution >= 4 is 11.9 Å². The highest BCUT2D eigenvalue weighted by atomic mass is 16.5. The second-order valence-corrected chi connectivity index (χ2v) is 11.3. The third-order valence-corrected chi connectivity index (χ3v) is 7.30. The Kier molecular flexibility index (Phi) is 30.6. The van der Waals surface area contributed by atoms with E-state index in [0.29, 0.717) is 26.1 Å². The minimum Gasteiger partial charge on any atom is -0.461 e. The van der Waals surface area contributed by atoms with Gasteiger partial charge in [-0.05, 0) is 51.4 Å². The van der Waals surface area contributed by atoms with Crippen molar-refractivity contribution in [1.82, 2.24) is 0 Å². The topological polar surface area (TPSA) is 72.8 Å². The van der Waals surface area contributed by atoms with Gasteiger partial charge >= 0.3 is 11.9 Å². The zero-order valence-corrected chi connectivity index (χ0v) is 26.4. The molecule has 0 amide bonds. The van der Waals surface area contributed by atoms with Crippen LogP contribution >= 0.6 is 0 Å². The lowest BCUT2D eigenvalue weighted by Gasteiger charge is -2.10. The highest BCUT2D eigenvalue weighted by molar-refractivity contribution is 5.69. The van der Waals surface area contributed by atoms with Gasteiger partial charge in [-0.2, -0.15) is 0 Å².